The van der Waals surface area contributed by atoms with Crippen molar-refractivity contribution in [2.75, 3.05) is 18.5 Å². The van der Waals surface area contributed by atoms with Gasteiger partial charge in [0.05, 0.1) is 0 Å². The topological polar surface area (TPSA) is 78.4 Å². The van der Waals surface area contributed by atoms with Crippen molar-refractivity contribution in [2.45, 2.75) is 33.1 Å². The van der Waals surface area contributed by atoms with Gasteiger partial charge in [-0.15, -0.1) is 0 Å². The van der Waals surface area contributed by atoms with Crippen molar-refractivity contribution in [3.63, 3.8) is 0 Å². The smallest absolute Gasteiger partial charge is 0.313 e. The minimum atomic E-state index is -0.678. The molecule has 3 N–H and O–H groups in total. The van der Waals surface area contributed by atoms with Crippen molar-refractivity contribution in [3.05, 3.63) is 29.3 Å². The normalized spacial score (nSPS) is 10.2. The third-order valence-corrected chi connectivity index (χ3v) is 3.04. The number of carbonyl (C=O) groups is 2. The zero-order chi connectivity index (χ0) is 15.0. The van der Waals surface area contributed by atoms with E-state index in [1.807, 2.05) is 32.0 Å². The summed E-state index contributed by atoms with van der Waals surface area (Å²) in [6.07, 6.45) is 2.09. The standard InChI is InChI=1S/C15H22N2O3/c1-3-11-6-7-12(4-2)13(10-11)17-15(20)14(19)16-8-5-9-18/h6-7,10,18H,3-5,8-9H2,1-2H3,(H,16,19)(H,17,20). The van der Waals surface area contributed by atoms with Gasteiger partial charge in [-0.3, -0.25) is 9.59 Å². The number of amides is 2. The van der Waals surface area contributed by atoms with Crippen LogP contribution in [0.15, 0.2) is 18.2 Å². The summed E-state index contributed by atoms with van der Waals surface area (Å²) in [6, 6.07) is 5.89. The number of nitrogens with one attached hydrogen (secondary N) is 2. The summed E-state index contributed by atoms with van der Waals surface area (Å²) in [5, 5.41) is 13.7. The highest BCUT2D eigenvalue weighted by atomic mass is 16.3. The summed E-state index contributed by atoms with van der Waals surface area (Å²) < 4.78 is 0. The molecule has 5 heteroatoms. The predicted molar refractivity (Wildman–Crippen MR) is 78.5 cm³/mol. The molecule has 0 atom stereocenters. The third-order valence-electron chi connectivity index (χ3n) is 3.04. The Bertz CT molecular complexity index is 472. The molecule has 5 nitrogen and oxygen atoms in total. The molecule has 0 aliphatic carbocycles. The number of carbonyl (C=O) groups excluding carboxylic acids is 2. The first-order valence-corrected chi connectivity index (χ1v) is 6.94. The summed E-state index contributed by atoms with van der Waals surface area (Å²) in [4.78, 5) is 23.4. The molecule has 0 spiro atoms. The van der Waals surface area contributed by atoms with Crippen LogP contribution < -0.4 is 10.6 Å². The van der Waals surface area contributed by atoms with Gasteiger partial charge in [-0.25, -0.2) is 0 Å². The molecule has 1 aromatic rings. The van der Waals surface area contributed by atoms with Crippen LogP contribution in [0.25, 0.3) is 0 Å². The summed E-state index contributed by atoms with van der Waals surface area (Å²) in [6.45, 7) is 4.31. The lowest BCUT2D eigenvalue weighted by Gasteiger charge is -2.11. The molecular formula is C15H22N2O3. The molecule has 0 unspecified atom stereocenters. The second-order valence-electron chi connectivity index (χ2n) is 4.49. The maximum atomic E-state index is 11.8. The second-order valence-corrected chi connectivity index (χ2v) is 4.49. The van der Waals surface area contributed by atoms with E-state index in [-0.39, 0.29) is 6.61 Å². The van der Waals surface area contributed by atoms with Crippen molar-refractivity contribution in [2.24, 2.45) is 0 Å². The Hall–Kier alpha value is -1.88. The van der Waals surface area contributed by atoms with Crippen LogP contribution >= 0.6 is 0 Å². The molecule has 20 heavy (non-hydrogen) atoms. The van der Waals surface area contributed by atoms with Crippen molar-refractivity contribution in [1.29, 1.82) is 0 Å². The molecular weight excluding hydrogens is 256 g/mol. The fourth-order valence-corrected chi connectivity index (χ4v) is 1.81. The van der Waals surface area contributed by atoms with Gasteiger partial charge in [0.1, 0.15) is 0 Å². The van der Waals surface area contributed by atoms with Gasteiger partial charge in [0.15, 0.2) is 0 Å². The average molecular weight is 278 g/mol. The van der Waals surface area contributed by atoms with Crippen molar-refractivity contribution in [1.82, 2.24) is 5.32 Å². The molecule has 1 aromatic carbocycles. The van der Waals surface area contributed by atoms with Gasteiger partial charge in [-0.1, -0.05) is 26.0 Å². The first-order chi connectivity index (χ1) is 9.62. The van der Waals surface area contributed by atoms with E-state index in [2.05, 4.69) is 10.6 Å². The minimum Gasteiger partial charge on any atom is -0.396 e. The Morgan fingerprint density at radius 3 is 2.50 bits per heavy atom. The summed E-state index contributed by atoms with van der Waals surface area (Å²) in [5.74, 6) is -1.35. The van der Waals surface area contributed by atoms with Crippen LogP contribution in [-0.2, 0) is 22.4 Å². The molecule has 0 bridgehead atoms. The minimum absolute atomic E-state index is 0.0135. The second kappa shape index (κ2) is 8.32. The van der Waals surface area contributed by atoms with E-state index in [9.17, 15) is 9.59 Å². The van der Waals surface area contributed by atoms with Crippen molar-refractivity contribution >= 4 is 17.5 Å². The Labute approximate surface area is 119 Å². The lowest BCUT2D eigenvalue weighted by Crippen LogP contribution is -2.36. The van der Waals surface area contributed by atoms with Gasteiger partial charge >= 0.3 is 11.8 Å². The first kappa shape index (κ1) is 16.2. The largest absolute Gasteiger partial charge is 0.396 e. The van der Waals surface area contributed by atoms with Crippen LogP contribution in [0.5, 0.6) is 0 Å². The van der Waals surface area contributed by atoms with E-state index in [4.69, 9.17) is 5.11 Å². The number of aryl methyl sites for hydroxylation is 2. The van der Waals surface area contributed by atoms with Gasteiger partial charge in [-0.05, 0) is 36.5 Å². The summed E-state index contributed by atoms with van der Waals surface area (Å²) in [5.41, 5.74) is 2.80. The van der Waals surface area contributed by atoms with Crippen molar-refractivity contribution < 1.29 is 14.7 Å². The number of benzene rings is 1. The van der Waals surface area contributed by atoms with E-state index in [0.29, 0.717) is 18.7 Å². The van der Waals surface area contributed by atoms with Gasteiger partial charge in [-0.2, -0.15) is 0 Å². The molecule has 1 rings (SSSR count). The average Bonchev–Trinajstić information content (AvgIpc) is 2.47. The quantitative estimate of drug-likeness (QED) is 0.541. The molecule has 0 radical (unpaired) electrons. The predicted octanol–water partition coefficient (Wildman–Crippen LogP) is 1.25. The lowest BCUT2D eigenvalue weighted by atomic mass is 10.1. The Kier molecular flexibility index (Phi) is 6.73. The van der Waals surface area contributed by atoms with Crippen LogP contribution in [0.2, 0.25) is 0 Å². The lowest BCUT2D eigenvalue weighted by molar-refractivity contribution is -0.136. The van der Waals surface area contributed by atoms with E-state index < -0.39 is 11.8 Å². The summed E-state index contributed by atoms with van der Waals surface area (Å²) in [7, 11) is 0. The Morgan fingerprint density at radius 1 is 1.15 bits per heavy atom. The molecule has 0 aromatic heterocycles. The van der Waals surface area contributed by atoms with Crippen LogP contribution in [-0.4, -0.2) is 30.1 Å². The van der Waals surface area contributed by atoms with E-state index in [1.54, 1.807) is 0 Å². The monoisotopic (exact) mass is 278 g/mol. The molecule has 110 valence electrons. The zero-order valence-corrected chi connectivity index (χ0v) is 12.0. The summed E-state index contributed by atoms with van der Waals surface area (Å²) >= 11 is 0. The molecule has 0 heterocycles. The zero-order valence-electron chi connectivity index (χ0n) is 12.0. The van der Waals surface area contributed by atoms with Crippen molar-refractivity contribution in [3.8, 4) is 0 Å². The fourth-order valence-electron chi connectivity index (χ4n) is 1.81. The number of aliphatic hydroxyl groups is 1. The molecule has 0 saturated heterocycles. The highest BCUT2D eigenvalue weighted by molar-refractivity contribution is 6.39. The fraction of sp³-hybridized carbons (Fsp3) is 0.467. The number of hydrogen-bond acceptors (Lipinski definition) is 3. The first-order valence-electron chi connectivity index (χ1n) is 6.94. The van der Waals surface area contributed by atoms with Crippen LogP contribution in [0.1, 0.15) is 31.4 Å². The van der Waals surface area contributed by atoms with Gasteiger partial charge < -0.3 is 15.7 Å². The number of aliphatic hydroxyl groups excluding tert-OH is 1. The highest BCUT2D eigenvalue weighted by Crippen LogP contribution is 2.18. The van der Waals surface area contributed by atoms with E-state index >= 15 is 0 Å². The maximum absolute atomic E-state index is 11.8. The molecule has 0 fully saturated rings. The number of hydrogen-bond donors (Lipinski definition) is 3. The van der Waals surface area contributed by atoms with Crippen LogP contribution in [0, 0.1) is 0 Å². The SMILES string of the molecule is CCc1ccc(CC)c(NC(=O)C(=O)NCCCO)c1. The number of anilines is 1. The Balaban J connectivity index is 2.71. The Morgan fingerprint density at radius 2 is 1.90 bits per heavy atom. The van der Waals surface area contributed by atoms with Gasteiger partial charge in [0, 0.05) is 18.8 Å². The van der Waals surface area contributed by atoms with E-state index in [1.165, 1.54) is 0 Å². The third kappa shape index (κ3) is 4.66. The maximum Gasteiger partial charge on any atom is 0.313 e. The van der Waals surface area contributed by atoms with Gasteiger partial charge in [0.2, 0.25) is 0 Å². The van der Waals surface area contributed by atoms with E-state index in [0.717, 1.165) is 24.0 Å². The molecule has 0 saturated carbocycles. The molecule has 0 aliphatic heterocycles. The van der Waals surface area contributed by atoms with Crippen LogP contribution in [0.4, 0.5) is 5.69 Å². The van der Waals surface area contributed by atoms with Gasteiger partial charge in [0.25, 0.3) is 0 Å². The molecule has 2 amide bonds. The molecule has 0 aliphatic rings. The number of rotatable bonds is 6. The van der Waals surface area contributed by atoms with Crippen LogP contribution in [0.3, 0.4) is 0 Å². The highest BCUT2D eigenvalue weighted by Gasteiger charge is 2.14.